The first-order valence-corrected chi connectivity index (χ1v) is 9.21. The van der Waals surface area contributed by atoms with Crippen LogP contribution in [0, 0.1) is 5.82 Å². The third-order valence-electron chi connectivity index (χ3n) is 5.48. The molecule has 1 aromatic carbocycles. The van der Waals surface area contributed by atoms with Crippen LogP contribution in [0.4, 0.5) is 4.39 Å². The van der Waals surface area contributed by atoms with Crippen molar-refractivity contribution in [1.82, 2.24) is 14.8 Å². The van der Waals surface area contributed by atoms with Gasteiger partial charge in [0.25, 0.3) is 0 Å². The average molecular weight is 343 g/mol. The van der Waals surface area contributed by atoms with E-state index < -0.39 is 0 Å². The predicted molar refractivity (Wildman–Crippen MR) is 99.1 cm³/mol. The molecule has 2 aromatic rings. The Bertz CT molecular complexity index is 763. The van der Waals surface area contributed by atoms with Gasteiger partial charge in [-0.05, 0) is 37.1 Å². The Hall–Kier alpha value is -1.69. The zero-order valence-corrected chi connectivity index (χ0v) is 14.8. The molecule has 2 aliphatic rings. The van der Waals surface area contributed by atoms with Gasteiger partial charge in [-0.1, -0.05) is 6.08 Å². The SMILES string of the molecule is CC(CN1CCOCC1)N1CC=C(c2c[nH]c3cc(F)ccc23)CC1. The van der Waals surface area contributed by atoms with Crippen LogP contribution in [-0.4, -0.2) is 66.8 Å². The highest BCUT2D eigenvalue weighted by atomic mass is 19.1. The van der Waals surface area contributed by atoms with Gasteiger partial charge >= 0.3 is 0 Å². The van der Waals surface area contributed by atoms with Crippen molar-refractivity contribution in [2.45, 2.75) is 19.4 Å². The maximum atomic E-state index is 13.4. The third-order valence-corrected chi connectivity index (χ3v) is 5.48. The van der Waals surface area contributed by atoms with E-state index in [-0.39, 0.29) is 5.82 Å². The Morgan fingerprint density at radius 2 is 2.08 bits per heavy atom. The van der Waals surface area contributed by atoms with E-state index in [0.29, 0.717) is 6.04 Å². The number of morpholine rings is 1. The van der Waals surface area contributed by atoms with Gasteiger partial charge in [0, 0.05) is 61.4 Å². The van der Waals surface area contributed by atoms with Gasteiger partial charge in [0.15, 0.2) is 0 Å². The number of rotatable bonds is 4. The van der Waals surface area contributed by atoms with Gasteiger partial charge < -0.3 is 9.72 Å². The standard InChI is InChI=1S/C20H26FN3O/c1-15(14-23-8-10-25-11-9-23)24-6-4-16(5-7-24)19-13-22-20-12-17(21)2-3-18(19)20/h2-4,12-13,15,22H,5-11,14H2,1H3. The topological polar surface area (TPSA) is 31.5 Å². The summed E-state index contributed by atoms with van der Waals surface area (Å²) in [5.41, 5.74) is 3.46. The number of fused-ring (bicyclic) bond motifs is 1. The molecular weight excluding hydrogens is 317 g/mol. The Kier molecular flexibility index (Phi) is 4.88. The van der Waals surface area contributed by atoms with E-state index in [1.807, 2.05) is 12.3 Å². The Morgan fingerprint density at radius 1 is 1.24 bits per heavy atom. The monoisotopic (exact) mass is 343 g/mol. The van der Waals surface area contributed by atoms with Gasteiger partial charge in [-0.2, -0.15) is 0 Å². The summed E-state index contributed by atoms with van der Waals surface area (Å²) < 4.78 is 18.8. The number of benzene rings is 1. The predicted octanol–water partition coefficient (Wildman–Crippen LogP) is 3.12. The van der Waals surface area contributed by atoms with Crippen LogP contribution < -0.4 is 0 Å². The average Bonchev–Trinajstić information content (AvgIpc) is 3.05. The fourth-order valence-electron chi connectivity index (χ4n) is 3.97. The van der Waals surface area contributed by atoms with Crippen molar-refractivity contribution in [2.75, 3.05) is 45.9 Å². The smallest absolute Gasteiger partial charge is 0.125 e. The summed E-state index contributed by atoms with van der Waals surface area (Å²) in [5, 5.41) is 1.11. The fraction of sp³-hybridized carbons (Fsp3) is 0.500. The molecule has 4 nitrogen and oxygen atoms in total. The molecule has 4 rings (SSSR count). The first-order chi connectivity index (χ1) is 12.2. The second-order valence-electron chi connectivity index (χ2n) is 7.13. The quantitative estimate of drug-likeness (QED) is 0.926. The molecule has 1 unspecified atom stereocenters. The summed E-state index contributed by atoms with van der Waals surface area (Å²) in [6.45, 7) is 9.30. The van der Waals surface area contributed by atoms with Crippen LogP contribution in [0.5, 0.6) is 0 Å². The summed E-state index contributed by atoms with van der Waals surface area (Å²) in [4.78, 5) is 8.25. The van der Waals surface area contributed by atoms with Crippen molar-refractivity contribution in [1.29, 1.82) is 0 Å². The lowest BCUT2D eigenvalue weighted by Gasteiger charge is -2.36. The second kappa shape index (κ2) is 7.28. The highest BCUT2D eigenvalue weighted by molar-refractivity contribution is 5.92. The maximum absolute atomic E-state index is 13.4. The third kappa shape index (κ3) is 3.64. The van der Waals surface area contributed by atoms with Crippen LogP contribution in [0.3, 0.4) is 0 Å². The van der Waals surface area contributed by atoms with Crippen molar-refractivity contribution in [3.63, 3.8) is 0 Å². The minimum atomic E-state index is -0.193. The summed E-state index contributed by atoms with van der Waals surface area (Å²) in [6, 6.07) is 5.54. The van der Waals surface area contributed by atoms with Crippen LogP contribution in [0.15, 0.2) is 30.5 Å². The second-order valence-corrected chi connectivity index (χ2v) is 7.13. The number of halogens is 1. The van der Waals surface area contributed by atoms with Crippen LogP contribution in [0.2, 0.25) is 0 Å². The molecule has 0 saturated carbocycles. The number of nitrogens with one attached hydrogen (secondary N) is 1. The van der Waals surface area contributed by atoms with Crippen LogP contribution >= 0.6 is 0 Å². The van der Waals surface area contributed by atoms with E-state index in [2.05, 4.69) is 27.8 Å². The molecule has 1 atom stereocenters. The van der Waals surface area contributed by atoms with Crippen molar-refractivity contribution < 1.29 is 9.13 Å². The summed E-state index contributed by atoms with van der Waals surface area (Å²) >= 11 is 0. The molecule has 1 aromatic heterocycles. The van der Waals surface area contributed by atoms with E-state index in [1.54, 1.807) is 12.1 Å². The van der Waals surface area contributed by atoms with Gasteiger partial charge in [-0.25, -0.2) is 4.39 Å². The molecule has 5 heteroatoms. The number of hydrogen-bond acceptors (Lipinski definition) is 3. The summed E-state index contributed by atoms with van der Waals surface area (Å²) in [5.74, 6) is -0.193. The molecule has 3 heterocycles. The highest BCUT2D eigenvalue weighted by Crippen LogP contribution is 2.30. The minimum absolute atomic E-state index is 0.193. The number of hydrogen-bond donors (Lipinski definition) is 1. The van der Waals surface area contributed by atoms with Gasteiger partial charge in [0.2, 0.25) is 0 Å². The van der Waals surface area contributed by atoms with Gasteiger partial charge in [0.1, 0.15) is 5.82 Å². The van der Waals surface area contributed by atoms with E-state index >= 15 is 0 Å². The normalized spacial score (nSPS) is 21.4. The Labute approximate surface area is 148 Å². The van der Waals surface area contributed by atoms with Gasteiger partial charge in [0.05, 0.1) is 13.2 Å². The van der Waals surface area contributed by atoms with Crippen molar-refractivity contribution in [2.24, 2.45) is 0 Å². The van der Waals surface area contributed by atoms with Gasteiger partial charge in [-0.3, -0.25) is 9.80 Å². The summed E-state index contributed by atoms with van der Waals surface area (Å²) in [7, 11) is 0. The first kappa shape index (κ1) is 16.8. The minimum Gasteiger partial charge on any atom is -0.379 e. The highest BCUT2D eigenvalue weighted by Gasteiger charge is 2.22. The molecule has 0 bridgehead atoms. The van der Waals surface area contributed by atoms with Crippen LogP contribution in [0.25, 0.3) is 16.5 Å². The van der Waals surface area contributed by atoms with Crippen molar-refractivity contribution in [3.05, 3.63) is 41.9 Å². The molecule has 1 N–H and O–H groups in total. The number of H-pyrrole nitrogens is 1. The molecule has 25 heavy (non-hydrogen) atoms. The molecule has 0 radical (unpaired) electrons. The molecule has 0 aliphatic carbocycles. The zero-order chi connectivity index (χ0) is 17.2. The number of ether oxygens (including phenoxy) is 1. The van der Waals surface area contributed by atoms with E-state index in [0.717, 1.165) is 63.3 Å². The fourth-order valence-corrected chi connectivity index (χ4v) is 3.97. The lowest BCUT2D eigenvalue weighted by molar-refractivity contribution is 0.0255. The molecule has 134 valence electrons. The number of nitrogens with zero attached hydrogens (tertiary/aromatic N) is 2. The molecule has 0 spiro atoms. The maximum Gasteiger partial charge on any atom is 0.125 e. The van der Waals surface area contributed by atoms with E-state index in [4.69, 9.17) is 4.74 Å². The number of aromatic nitrogens is 1. The first-order valence-electron chi connectivity index (χ1n) is 9.21. The molecule has 1 fully saturated rings. The Morgan fingerprint density at radius 3 is 2.84 bits per heavy atom. The lowest BCUT2D eigenvalue weighted by atomic mass is 9.98. The van der Waals surface area contributed by atoms with E-state index in [9.17, 15) is 4.39 Å². The Balaban J connectivity index is 1.42. The van der Waals surface area contributed by atoms with Crippen LogP contribution in [-0.2, 0) is 4.74 Å². The summed E-state index contributed by atoms with van der Waals surface area (Å²) in [6.07, 6.45) is 5.39. The molecular formula is C20H26FN3O. The van der Waals surface area contributed by atoms with Crippen LogP contribution in [0.1, 0.15) is 18.9 Å². The largest absolute Gasteiger partial charge is 0.379 e. The molecule has 0 amide bonds. The van der Waals surface area contributed by atoms with E-state index in [1.165, 1.54) is 11.1 Å². The lowest BCUT2D eigenvalue weighted by Crippen LogP contribution is -2.47. The van der Waals surface area contributed by atoms with Gasteiger partial charge in [-0.15, -0.1) is 0 Å². The molecule has 2 aliphatic heterocycles. The molecule has 1 saturated heterocycles. The number of aromatic amines is 1. The zero-order valence-electron chi connectivity index (χ0n) is 14.8. The van der Waals surface area contributed by atoms with Crippen molar-refractivity contribution in [3.8, 4) is 0 Å². The van der Waals surface area contributed by atoms with Crippen molar-refractivity contribution >= 4 is 16.5 Å².